The van der Waals surface area contributed by atoms with E-state index in [0.29, 0.717) is 29.5 Å². The number of fused-ring (bicyclic) bond motifs is 1. The second kappa shape index (κ2) is 12.1. The Morgan fingerprint density at radius 1 is 1.22 bits per heavy atom. The summed E-state index contributed by atoms with van der Waals surface area (Å²) in [6.45, 7) is 15.2. The van der Waals surface area contributed by atoms with Crippen molar-refractivity contribution in [2.45, 2.75) is 104 Å². The van der Waals surface area contributed by atoms with Crippen molar-refractivity contribution >= 4 is 23.2 Å². The fourth-order valence-corrected chi connectivity index (χ4v) is 4.38. The summed E-state index contributed by atoms with van der Waals surface area (Å²) >= 11 is 6.30. The Morgan fingerprint density at radius 3 is 2.64 bits per heavy atom. The van der Waals surface area contributed by atoms with E-state index >= 15 is 0 Å². The van der Waals surface area contributed by atoms with Crippen LogP contribution >= 0.6 is 11.6 Å². The van der Waals surface area contributed by atoms with Crippen molar-refractivity contribution in [1.82, 2.24) is 25.1 Å². The van der Waals surface area contributed by atoms with E-state index in [1.807, 2.05) is 19.9 Å². The van der Waals surface area contributed by atoms with Crippen LogP contribution in [0.5, 0.6) is 5.75 Å². The maximum Gasteiger partial charge on any atom is 0.261 e. The molecule has 1 aromatic carbocycles. The minimum absolute atomic E-state index is 0.0472. The topological polar surface area (TPSA) is 84.3 Å². The number of carbonyl (C=O) groups excluding carboxylic acids is 1. The monoisotopic (exact) mass is 515 g/mol. The Kier molecular flexibility index (Phi) is 9.45. The van der Waals surface area contributed by atoms with Crippen LogP contribution < -0.4 is 10.1 Å². The summed E-state index contributed by atoms with van der Waals surface area (Å²) in [5.74, 6) is 1.26. The third-order valence-corrected chi connectivity index (χ3v) is 7.53. The predicted octanol–water partition coefficient (Wildman–Crippen LogP) is 6.65. The summed E-state index contributed by atoms with van der Waals surface area (Å²) in [4.78, 5) is 17.9. The molecule has 3 rings (SSSR count). The molecular weight excluding hydrogens is 474 g/mol. The number of hydrogen-bond acceptors (Lipinski definition) is 4. The summed E-state index contributed by atoms with van der Waals surface area (Å²) in [5, 5.41) is 11.2. The number of H-pyrrole nitrogens is 1. The molecule has 36 heavy (non-hydrogen) atoms. The lowest BCUT2D eigenvalue weighted by Crippen LogP contribution is -2.40. The highest BCUT2D eigenvalue weighted by atomic mass is 35.5. The molecule has 0 radical (unpaired) electrons. The number of benzene rings is 1. The quantitative estimate of drug-likeness (QED) is 0.249. The minimum Gasteiger partial charge on any atom is -0.480 e. The average molecular weight is 516 g/mol. The Labute approximate surface area is 220 Å². The van der Waals surface area contributed by atoms with E-state index in [1.165, 1.54) is 5.56 Å². The zero-order valence-corrected chi connectivity index (χ0v) is 23.6. The summed E-state index contributed by atoms with van der Waals surface area (Å²) in [7, 11) is 0. The van der Waals surface area contributed by atoms with E-state index < -0.39 is 6.10 Å². The molecule has 0 aliphatic heterocycles. The van der Waals surface area contributed by atoms with E-state index in [2.05, 4.69) is 67.2 Å². The Bertz CT molecular complexity index is 1170. The molecule has 3 aromatic rings. The van der Waals surface area contributed by atoms with Crippen molar-refractivity contribution in [2.24, 2.45) is 0 Å². The lowest BCUT2D eigenvalue weighted by molar-refractivity contribution is -0.128. The van der Waals surface area contributed by atoms with E-state index in [9.17, 15) is 4.79 Å². The molecule has 2 heterocycles. The van der Waals surface area contributed by atoms with Crippen molar-refractivity contribution in [3.8, 4) is 5.75 Å². The second-order valence-corrected chi connectivity index (χ2v) is 11.0. The molecule has 0 bridgehead atoms. The maximum atomic E-state index is 13.4. The lowest BCUT2D eigenvalue weighted by Gasteiger charge is -2.28. The van der Waals surface area contributed by atoms with Gasteiger partial charge < -0.3 is 10.1 Å². The predicted molar refractivity (Wildman–Crippen MR) is 146 cm³/mol. The number of unbranched alkanes of at least 4 members (excludes halogenated alkanes) is 3. The van der Waals surface area contributed by atoms with Crippen LogP contribution in [0.15, 0.2) is 18.2 Å². The number of carbonyl (C=O) groups is 1. The first-order valence-electron chi connectivity index (χ1n) is 13.2. The largest absolute Gasteiger partial charge is 0.480 e. The highest BCUT2D eigenvalue weighted by molar-refractivity contribution is 6.34. The normalized spacial score (nSPS) is 13.7. The van der Waals surface area contributed by atoms with Gasteiger partial charge in [-0.2, -0.15) is 4.63 Å². The van der Waals surface area contributed by atoms with E-state index in [0.717, 1.165) is 49.1 Å². The van der Waals surface area contributed by atoms with Crippen molar-refractivity contribution in [2.75, 3.05) is 6.54 Å². The van der Waals surface area contributed by atoms with Gasteiger partial charge in [-0.1, -0.05) is 83.2 Å². The van der Waals surface area contributed by atoms with Crippen LogP contribution in [-0.4, -0.2) is 38.4 Å². The summed E-state index contributed by atoms with van der Waals surface area (Å²) in [5.41, 5.74) is 3.72. The van der Waals surface area contributed by atoms with Crippen molar-refractivity contribution in [1.29, 1.82) is 0 Å². The highest BCUT2D eigenvalue weighted by Gasteiger charge is 2.27. The van der Waals surface area contributed by atoms with Crippen LogP contribution in [0.2, 0.25) is 5.02 Å². The average Bonchev–Trinajstić information content (AvgIpc) is 3.38. The Morgan fingerprint density at radius 2 is 1.97 bits per heavy atom. The molecule has 2 aromatic heterocycles. The van der Waals surface area contributed by atoms with E-state index in [1.54, 1.807) is 4.63 Å². The van der Waals surface area contributed by atoms with Gasteiger partial charge >= 0.3 is 0 Å². The third-order valence-electron chi connectivity index (χ3n) is 7.08. The number of aromatic nitrogens is 4. The van der Waals surface area contributed by atoms with Crippen LogP contribution in [0.4, 0.5) is 0 Å². The van der Waals surface area contributed by atoms with Gasteiger partial charge in [-0.3, -0.25) is 9.89 Å². The van der Waals surface area contributed by atoms with Crippen LogP contribution in [0, 0.1) is 13.8 Å². The number of hydrogen-bond donors (Lipinski definition) is 2. The molecule has 0 saturated heterocycles. The van der Waals surface area contributed by atoms with Crippen LogP contribution in [0.1, 0.15) is 102 Å². The number of aryl methyl sites for hydroxylation is 2. The molecule has 2 atom stereocenters. The minimum atomic E-state index is -0.551. The standard InChI is InChI=1S/C28H42ClN5O2/c1-8-10-11-12-13-23(36-22-15-14-18(3)16-21(22)28(6,7)9-2)27(35)30-17-19(4)25-31-26-24(29)20(5)32-34(26)33-25/h14-16,19,23,32H,8-13,17H2,1-7H3,(H,30,35). The van der Waals surface area contributed by atoms with Crippen molar-refractivity contribution in [3.63, 3.8) is 0 Å². The molecule has 2 unspecified atom stereocenters. The number of nitrogens with one attached hydrogen (secondary N) is 2. The molecule has 0 aliphatic carbocycles. The number of amides is 1. The van der Waals surface area contributed by atoms with Gasteiger partial charge in [0, 0.05) is 18.0 Å². The molecular formula is C28H42ClN5O2. The van der Waals surface area contributed by atoms with E-state index in [4.69, 9.17) is 16.3 Å². The number of rotatable bonds is 13. The van der Waals surface area contributed by atoms with Gasteiger partial charge in [-0.15, -0.1) is 5.10 Å². The zero-order valence-electron chi connectivity index (χ0n) is 22.9. The molecule has 0 aliphatic rings. The van der Waals surface area contributed by atoms with Gasteiger partial charge in [0.25, 0.3) is 5.91 Å². The van der Waals surface area contributed by atoms with Gasteiger partial charge in [-0.25, -0.2) is 4.98 Å². The smallest absolute Gasteiger partial charge is 0.261 e. The summed E-state index contributed by atoms with van der Waals surface area (Å²) < 4.78 is 8.05. The van der Waals surface area contributed by atoms with Crippen LogP contribution in [0.3, 0.4) is 0 Å². The fourth-order valence-electron chi connectivity index (χ4n) is 4.21. The number of nitrogens with zero attached hydrogens (tertiary/aromatic N) is 3. The Balaban J connectivity index is 1.73. The number of aromatic amines is 1. The molecule has 198 valence electrons. The summed E-state index contributed by atoms with van der Waals surface area (Å²) in [6.07, 6.45) is 5.46. The zero-order chi connectivity index (χ0) is 26.5. The maximum absolute atomic E-state index is 13.4. The molecule has 0 saturated carbocycles. The van der Waals surface area contributed by atoms with Crippen molar-refractivity contribution < 1.29 is 9.53 Å². The fraction of sp³-hybridized carbons (Fsp3) is 0.607. The first kappa shape index (κ1) is 28.0. The number of halogens is 1. The highest BCUT2D eigenvalue weighted by Crippen LogP contribution is 2.36. The third kappa shape index (κ3) is 6.61. The van der Waals surface area contributed by atoms with E-state index in [-0.39, 0.29) is 17.2 Å². The van der Waals surface area contributed by atoms with Crippen LogP contribution in [-0.2, 0) is 10.2 Å². The van der Waals surface area contributed by atoms with Gasteiger partial charge in [0.05, 0.1) is 5.69 Å². The summed E-state index contributed by atoms with van der Waals surface area (Å²) in [6, 6.07) is 6.25. The van der Waals surface area contributed by atoms with Gasteiger partial charge in [-0.05, 0) is 44.6 Å². The molecule has 8 heteroatoms. The molecule has 1 amide bonds. The van der Waals surface area contributed by atoms with Gasteiger partial charge in [0.1, 0.15) is 10.8 Å². The van der Waals surface area contributed by atoms with Crippen molar-refractivity contribution in [3.05, 3.63) is 45.9 Å². The SMILES string of the molecule is CCCCCCC(Oc1ccc(C)cc1C(C)(C)CC)C(=O)NCC(C)c1nc2c(Cl)c(C)[nH]n2n1. The Hall–Kier alpha value is -2.54. The molecule has 7 nitrogen and oxygen atoms in total. The first-order valence-corrected chi connectivity index (χ1v) is 13.6. The van der Waals surface area contributed by atoms with Gasteiger partial charge in [0.15, 0.2) is 17.6 Å². The first-order chi connectivity index (χ1) is 17.1. The molecule has 0 fully saturated rings. The van der Waals surface area contributed by atoms with Gasteiger partial charge in [0.2, 0.25) is 0 Å². The number of ether oxygens (including phenoxy) is 1. The van der Waals surface area contributed by atoms with Crippen LogP contribution in [0.25, 0.3) is 5.65 Å². The second-order valence-electron chi connectivity index (χ2n) is 10.6. The molecule has 2 N–H and O–H groups in total. The lowest BCUT2D eigenvalue weighted by atomic mass is 9.81. The molecule has 0 spiro atoms.